The van der Waals surface area contributed by atoms with Crippen molar-refractivity contribution in [2.75, 3.05) is 0 Å². The second kappa shape index (κ2) is 18.5. The Hall–Kier alpha value is -0.490. The molecule has 0 heterocycles. The summed E-state index contributed by atoms with van der Waals surface area (Å²) in [6, 6.07) is 0. The first-order valence-corrected chi connectivity index (χ1v) is 4.62. The van der Waals surface area contributed by atoms with Crippen LogP contribution in [0.1, 0.15) is 20.8 Å². The SMILES string of the molecule is CC(O)C(=O)O.CC(O)C(=O)[O-].CC(O)C(=O)[O-].N.[Ca+2]. The third-order valence-electron chi connectivity index (χ3n) is 1.04. The van der Waals surface area contributed by atoms with Gasteiger partial charge in [-0.05, 0) is 20.8 Å². The van der Waals surface area contributed by atoms with Crippen LogP contribution in [0.4, 0.5) is 0 Å². The normalized spacial score (nSPS) is 12.3. The Kier molecular flexibility index (Phi) is 29.4. The van der Waals surface area contributed by atoms with E-state index in [0.717, 1.165) is 13.8 Å². The van der Waals surface area contributed by atoms with E-state index in [1.54, 1.807) is 0 Å². The van der Waals surface area contributed by atoms with Crippen LogP contribution in [0.3, 0.4) is 0 Å². The van der Waals surface area contributed by atoms with Gasteiger partial charge >= 0.3 is 43.7 Å². The molecule has 0 aliphatic heterocycles. The number of carbonyl (C=O) groups is 3. The standard InChI is InChI=1S/3C3H6O3.Ca.H3N/c3*1-2(4)3(5)6;;/h3*2,4H,1H3,(H,5,6);;1H3/q;;;+2;/p-2. The summed E-state index contributed by atoms with van der Waals surface area (Å²) in [7, 11) is 0. The fraction of sp³-hybridized carbons (Fsp3) is 0.667. The predicted octanol–water partition coefficient (Wildman–Crippen LogP) is -4.53. The average Bonchev–Trinajstić information content (AvgIpc) is 2.18. The van der Waals surface area contributed by atoms with E-state index in [9.17, 15) is 24.6 Å². The number of carboxylic acid groups (broad SMARTS) is 3. The van der Waals surface area contributed by atoms with Crippen molar-refractivity contribution in [1.82, 2.24) is 6.15 Å². The zero-order chi connectivity index (χ0) is 15.5. The molecule has 0 aromatic rings. The van der Waals surface area contributed by atoms with E-state index in [2.05, 4.69) is 0 Å². The molecule has 0 aromatic carbocycles. The van der Waals surface area contributed by atoms with Crippen molar-refractivity contribution >= 4 is 55.6 Å². The number of aliphatic hydroxyl groups is 3. The Morgan fingerprint density at radius 3 is 0.900 bits per heavy atom. The minimum Gasteiger partial charge on any atom is -0.547 e. The van der Waals surface area contributed by atoms with Crippen LogP contribution in [0.25, 0.3) is 0 Å². The molecule has 0 fully saturated rings. The Morgan fingerprint density at radius 2 is 0.900 bits per heavy atom. The first-order chi connectivity index (χ1) is 7.93. The van der Waals surface area contributed by atoms with Gasteiger partial charge in [-0.1, -0.05) is 0 Å². The number of hydrogen-bond donors (Lipinski definition) is 5. The van der Waals surface area contributed by atoms with E-state index < -0.39 is 36.2 Å². The zero-order valence-corrected chi connectivity index (χ0v) is 13.7. The molecule has 0 aromatic heterocycles. The molecule has 0 rings (SSSR count). The van der Waals surface area contributed by atoms with E-state index in [-0.39, 0.29) is 43.9 Å². The minimum absolute atomic E-state index is 0. The van der Waals surface area contributed by atoms with Crippen molar-refractivity contribution in [3.8, 4) is 0 Å². The van der Waals surface area contributed by atoms with E-state index in [1.807, 2.05) is 0 Å². The van der Waals surface area contributed by atoms with Crippen LogP contribution in [-0.2, 0) is 14.4 Å². The van der Waals surface area contributed by atoms with Gasteiger partial charge in [0.2, 0.25) is 0 Å². The number of aliphatic hydroxyl groups excluding tert-OH is 3. The van der Waals surface area contributed by atoms with Crippen LogP contribution < -0.4 is 16.4 Å². The molecular formula is C9H19CaNO9. The molecule has 10 nitrogen and oxygen atoms in total. The third kappa shape index (κ3) is 36.0. The molecule has 0 aliphatic rings. The van der Waals surface area contributed by atoms with Gasteiger partial charge in [0.05, 0.1) is 24.1 Å². The smallest absolute Gasteiger partial charge is 0.547 e. The van der Waals surface area contributed by atoms with E-state index in [1.165, 1.54) is 6.92 Å². The monoisotopic (exact) mass is 325 g/mol. The van der Waals surface area contributed by atoms with Crippen molar-refractivity contribution in [3.63, 3.8) is 0 Å². The second-order valence-corrected chi connectivity index (χ2v) is 3.00. The van der Waals surface area contributed by atoms with Gasteiger partial charge in [-0.25, -0.2) is 4.79 Å². The molecule has 0 amide bonds. The van der Waals surface area contributed by atoms with Crippen LogP contribution in [0.5, 0.6) is 0 Å². The molecule has 3 atom stereocenters. The molecule has 7 N–H and O–H groups in total. The summed E-state index contributed by atoms with van der Waals surface area (Å²) in [5.74, 6) is -4.06. The quantitative estimate of drug-likeness (QED) is 0.313. The molecule has 0 bridgehead atoms. The second-order valence-electron chi connectivity index (χ2n) is 3.00. The maximum Gasteiger partial charge on any atom is 2.00 e. The fourth-order valence-electron chi connectivity index (χ4n) is 0. The molecule has 116 valence electrons. The molecule has 0 saturated carbocycles. The molecule has 20 heavy (non-hydrogen) atoms. The summed E-state index contributed by atoms with van der Waals surface area (Å²) in [5.41, 5.74) is 0. The van der Waals surface area contributed by atoms with Crippen LogP contribution in [0.2, 0.25) is 0 Å². The predicted molar refractivity (Wildman–Crippen MR) is 63.5 cm³/mol. The summed E-state index contributed by atoms with van der Waals surface area (Å²) in [6.07, 6.45) is -3.92. The fourth-order valence-corrected chi connectivity index (χ4v) is 0. The third-order valence-corrected chi connectivity index (χ3v) is 1.04. The maximum absolute atomic E-state index is 9.45. The number of aliphatic carboxylic acids is 3. The van der Waals surface area contributed by atoms with Crippen molar-refractivity contribution in [2.45, 2.75) is 39.1 Å². The minimum atomic E-state index is -1.44. The van der Waals surface area contributed by atoms with Crippen molar-refractivity contribution in [1.29, 1.82) is 0 Å². The number of rotatable bonds is 3. The van der Waals surface area contributed by atoms with Crippen LogP contribution in [0.15, 0.2) is 0 Å². The maximum atomic E-state index is 9.45. The molecule has 0 spiro atoms. The largest absolute Gasteiger partial charge is 2.00 e. The Morgan fingerprint density at radius 1 is 0.800 bits per heavy atom. The summed E-state index contributed by atoms with van der Waals surface area (Å²) in [6.45, 7) is 3.47. The summed E-state index contributed by atoms with van der Waals surface area (Å²) < 4.78 is 0. The van der Waals surface area contributed by atoms with Gasteiger partial charge in [-0.15, -0.1) is 0 Å². The Bertz CT molecular complexity index is 225. The van der Waals surface area contributed by atoms with Crippen LogP contribution in [-0.4, -0.2) is 94.4 Å². The van der Waals surface area contributed by atoms with E-state index in [0.29, 0.717) is 0 Å². The van der Waals surface area contributed by atoms with Crippen molar-refractivity contribution in [2.24, 2.45) is 0 Å². The summed E-state index contributed by atoms with van der Waals surface area (Å²) >= 11 is 0. The average molecular weight is 325 g/mol. The number of carbonyl (C=O) groups excluding carboxylic acids is 2. The Balaban J connectivity index is -0.0000000536. The number of hydrogen-bond acceptors (Lipinski definition) is 9. The van der Waals surface area contributed by atoms with Gasteiger partial charge in [0.25, 0.3) is 0 Å². The van der Waals surface area contributed by atoms with Gasteiger partial charge in [0.15, 0.2) is 0 Å². The van der Waals surface area contributed by atoms with Gasteiger partial charge in [0.1, 0.15) is 6.10 Å². The molecular weight excluding hydrogens is 306 g/mol. The Labute approximate surface area is 145 Å². The van der Waals surface area contributed by atoms with Crippen LogP contribution >= 0.6 is 0 Å². The molecule has 0 aliphatic carbocycles. The van der Waals surface area contributed by atoms with Crippen LogP contribution in [0, 0.1) is 0 Å². The first kappa shape index (κ1) is 31.7. The molecule has 3 unspecified atom stereocenters. The molecule has 0 saturated heterocycles. The topological polar surface area (TPSA) is 213 Å². The number of carboxylic acids is 3. The molecule has 0 radical (unpaired) electrons. The first-order valence-electron chi connectivity index (χ1n) is 4.62. The van der Waals surface area contributed by atoms with Gasteiger partial charge in [-0.2, -0.15) is 0 Å². The van der Waals surface area contributed by atoms with Crippen molar-refractivity contribution < 1.29 is 45.0 Å². The van der Waals surface area contributed by atoms with E-state index >= 15 is 0 Å². The van der Waals surface area contributed by atoms with E-state index in [4.69, 9.17) is 20.4 Å². The molecule has 11 heteroatoms. The summed E-state index contributed by atoms with van der Waals surface area (Å²) in [4.78, 5) is 28.1. The van der Waals surface area contributed by atoms with Gasteiger partial charge < -0.3 is 46.4 Å². The van der Waals surface area contributed by atoms with Gasteiger partial charge in [0, 0.05) is 0 Å². The zero-order valence-electron chi connectivity index (χ0n) is 11.5. The van der Waals surface area contributed by atoms with Gasteiger partial charge in [-0.3, -0.25) is 0 Å². The summed E-state index contributed by atoms with van der Waals surface area (Å²) in [5, 5.41) is 50.4. The van der Waals surface area contributed by atoms with Crippen molar-refractivity contribution in [3.05, 3.63) is 0 Å².